The van der Waals surface area contributed by atoms with Gasteiger partial charge in [-0.3, -0.25) is 0 Å². The van der Waals surface area contributed by atoms with Gasteiger partial charge in [-0.15, -0.1) is 20.4 Å². The average molecular weight is 431 g/mol. The van der Waals surface area contributed by atoms with Gasteiger partial charge in [-0.2, -0.15) is 0 Å². The summed E-state index contributed by atoms with van der Waals surface area (Å²) in [5.41, 5.74) is 2.32. The third-order valence-corrected chi connectivity index (χ3v) is 5.90. The molecule has 1 N–H and O–H groups in total. The molecule has 29 heavy (non-hydrogen) atoms. The van der Waals surface area contributed by atoms with Crippen molar-refractivity contribution in [3.8, 4) is 22.7 Å². The van der Waals surface area contributed by atoms with Gasteiger partial charge in [0, 0.05) is 19.2 Å². The standard InChI is InChI=1S/C18H18N6O3S2/c1-11-14(15(24-27-11)12-6-4-3-5-7-12)16-21-20-13(26-16)10-28-18-23-22-17(29-18)19-8-9-25-2/h3-7H,8-10H2,1-2H3,(H,19,22). The van der Waals surface area contributed by atoms with Gasteiger partial charge in [0.1, 0.15) is 17.0 Å². The van der Waals surface area contributed by atoms with Crippen LogP contribution in [-0.4, -0.2) is 45.8 Å². The van der Waals surface area contributed by atoms with Gasteiger partial charge in [0.15, 0.2) is 4.34 Å². The predicted octanol–water partition coefficient (Wildman–Crippen LogP) is 3.90. The van der Waals surface area contributed by atoms with Gasteiger partial charge in [-0.25, -0.2) is 0 Å². The molecule has 0 fully saturated rings. The number of hydrogen-bond donors (Lipinski definition) is 1. The molecular weight excluding hydrogens is 412 g/mol. The van der Waals surface area contributed by atoms with Crippen molar-refractivity contribution in [3.05, 3.63) is 42.0 Å². The summed E-state index contributed by atoms with van der Waals surface area (Å²) in [6.45, 7) is 3.12. The number of aromatic nitrogens is 5. The number of hydrogen-bond acceptors (Lipinski definition) is 11. The zero-order chi connectivity index (χ0) is 20.1. The van der Waals surface area contributed by atoms with Crippen LogP contribution < -0.4 is 5.32 Å². The maximum atomic E-state index is 5.86. The average Bonchev–Trinajstić information content (AvgIpc) is 3.47. The topological polar surface area (TPSA) is 112 Å². The van der Waals surface area contributed by atoms with Crippen molar-refractivity contribution in [1.82, 2.24) is 25.6 Å². The lowest BCUT2D eigenvalue weighted by Crippen LogP contribution is -2.06. The van der Waals surface area contributed by atoms with Crippen molar-refractivity contribution >= 4 is 28.2 Å². The van der Waals surface area contributed by atoms with E-state index < -0.39 is 0 Å². The van der Waals surface area contributed by atoms with Crippen LogP contribution in [0.25, 0.3) is 22.7 Å². The van der Waals surface area contributed by atoms with Crippen LogP contribution in [0.3, 0.4) is 0 Å². The lowest BCUT2D eigenvalue weighted by atomic mass is 10.1. The fourth-order valence-corrected chi connectivity index (χ4v) is 4.17. The molecule has 0 spiro atoms. The molecule has 150 valence electrons. The van der Waals surface area contributed by atoms with Gasteiger partial charge in [-0.1, -0.05) is 58.6 Å². The number of thioether (sulfide) groups is 1. The second kappa shape index (κ2) is 9.16. The number of anilines is 1. The first kappa shape index (κ1) is 19.6. The number of aryl methyl sites for hydroxylation is 1. The molecule has 3 heterocycles. The van der Waals surface area contributed by atoms with E-state index in [1.165, 1.54) is 23.1 Å². The lowest BCUT2D eigenvalue weighted by molar-refractivity contribution is 0.211. The molecule has 11 heteroatoms. The first-order valence-corrected chi connectivity index (χ1v) is 10.6. The van der Waals surface area contributed by atoms with Crippen LogP contribution in [-0.2, 0) is 10.5 Å². The van der Waals surface area contributed by atoms with Crippen LogP contribution >= 0.6 is 23.1 Å². The Morgan fingerprint density at radius 2 is 2.00 bits per heavy atom. The van der Waals surface area contributed by atoms with Crippen molar-refractivity contribution in [2.24, 2.45) is 0 Å². The second-order valence-electron chi connectivity index (χ2n) is 5.91. The SMILES string of the molecule is COCCNc1nnc(SCc2nnc(-c3c(-c4ccccc4)noc3C)o2)s1. The minimum Gasteiger partial charge on any atom is -0.420 e. The highest BCUT2D eigenvalue weighted by Gasteiger charge is 2.22. The molecule has 0 saturated heterocycles. The number of benzene rings is 1. The number of nitrogens with one attached hydrogen (secondary N) is 1. The van der Waals surface area contributed by atoms with E-state index in [0.717, 1.165) is 15.0 Å². The highest BCUT2D eigenvalue weighted by Crippen LogP contribution is 2.34. The normalized spacial score (nSPS) is 11.1. The summed E-state index contributed by atoms with van der Waals surface area (Å²) in [4.78, 5) is 0. The summed E-state index contributed by atoms with van der Waals surface area (Å²) in [6, 6.07) is 9.76. The van der Waals surface area contributed by atoms with Crippen LogP contribution in [0, 0.1) is 6.92 Å². The zero-order valence-electron chi connectivity index (χ0n) is 15.8. The fraction of sp³-hybridized carbons (Fsp3) is 0.278. The lowest BCUT2D eigenvalue weighted by Gasteiger charge is -1.98. The largest absolute Gasteiger partial charge is 0.420 e. The monoisotopic (exact) mass is 430 g/mol. The van der Waals surface area contributed by atoms with Gasteiger partial charge >= 0.3 is 0 Å². The Labute approximate surface area is 174 Å². The molecule has 0 aliphatic heterocycles. The minimum atomic E-state index is 0.386. The summed E-state index contributed by atoms with van der Waals surface area (Å²) < 4.78 is 17.0. The van der Waals surface area contributed by atoms with E-state index in [0.29, 0.717) is 47.7 Å². The maximum absolute atomic E-state index is 5.86. The number of nitrogens with zero attached hydrogens (tertiary/aromatic N) is 5. The highest BCUT2D eigenvalue weighted by molar-refractivity contribution is 8.00. The number of ether oxygens (including phenoxy) is 1. The van der Waals surface area contributed by atoms with Crippen molar-refractivity contribution in [1.29, 1.82) is 0 Å². The number of methoxy groups -OCH3 is 1. The van der Waals surface area contributed by atoms with Crippen molar-refractivity contribution in [3.63, 3.8) is 0 Å². The van der Waals surface area contributed by atoms with Crippen LogP contribution in [0.4, 0.5) is 5.13 Å². The molecule has 4 rings (SSSR count). The quantitative estimate of drug-likeness (QED) is 0.310. The zero-order valence-corrected chi connectivity index (χ0v) is 17.4. The summed E-state index contributed by atoms with van der Waals surface area (Å²) in [6.07, 6.45) is 0. The van der Waals surface area contributed by atoms with Crippen LogP contribution in [0.15, 0.2) is 43.6 Å². The van der Waals surface area contributed by atoms with Gasteiger partial charge in [0.05, 0.1) is 12.4 Å². The van der Waals surface area contributed by atoms with Gasteiger partial charge in [0.25, 0.3) is 5.89 Å². The van der Waals surface area contributed by atoms with Crippen molar-refractivity contribution in [2.75, 3.05) is 25.6 Å². The van der Waals surface area contributed by atoms with Crippen LogP contribution in [0.1, 0.15) is 11.7 Å². The maximum Gasteiger partial charge on any atom is 0.253 e. The molecule has 0 unspecified atom stereocenters. The Hall–Kier alpha value is -2.76. The van der Waals surface area contributed by atoms with E-state index in [2.05, 4.69) is 30.9 Å². The van der Waals surface area contributed by atoms with E-state index >= 15 is 0 Å². The first-order valence-electron chi connectivity index (χ1n) is 8.78. The minimum absolute atomic E-state index is 0.386. The number of rotatable bonds is 9. The molecule has 0 saturated carbocycles. The summed E-state index contributed by atoms with van der Waals surface area (Å²) in [5, 5.41) is 24.6. The van der Waals surface area contributed by atoms with Crippen molar-refractivity contribution in [2.45, 2.75) is 17.0 Å². The Kier molecular flexibility index (Phi) is 6.17. The van der Waals surface area contributed by atoms with E-state index in [-0.39, 0.29) is 0 Å². The summed E-state index contributed by atoms with van der Waals surface area (Å²) in [5.74, 6) is 2.00. The Balaban J connectivity index is 1.44. The third kappa shape index (κ3) is 4.63. The Morgan fingerprint density at radius 1 is 1.14 bits per heavy atom. The molecule has 9 nitrogen and oxygen atoms in total. The van der Waals surface area contributed by atoms with E-state index in [9.17, 15) is 0 Å². The highest BCUT2D eigenvalue weighted by atomic mass is 32.2. The smallest absolute Gasteiger partial charge is 0.253 e. The molecular formula is C18H18N6O3S2. The first-order chi connectivity index (χ1) is 14.2. The molecule has 0 amide bonds. The molecule has 0 atom stereocenters. The Morgan fingerprint density at radius 3 is 2.83 bits per heavy atom. The molecule has 0 aliphatic carbocycles. The molecule has 1 aromatic carbocycles. The molecule has 0 aliphatic rings. The van der Waals surface area contributed by atoms with Gasteiger partial charge < -0.3 is 19.0 Å². The van der Waals surface area contributed by atoms with Crippen LogP contribution in [0.2, 0.25) is 0 Å². The Bertz CT molecular complexity index is 1060. The molecule has 0 bridgehead atoms. The molecule has 4 aromatic rings. The van der Waals surface area contributed by atoms with E-state index in [1.54, 1.807) is 7.11 Å². The summed E-state index contributed by atoms with van der Waals surface area (Å²) >= 11 is 2.96. The van der Waals surface area contributed by atoms with E-state index in [1.807, 2.05) is 37.3 Å². The molecule has 3 aromatic heterocycles. The van der Waals surface area contributed by atoms with Crippen molar-refractivity contribution < 1.29 is 13.7 Å². The predicted molar refractivity (Wildman–Crippen MR) is 110 cm³/mol. The summed E-state index contributed by atoms with van der Waals surface area (Å²) in [7, 11) is 1.66. The van der Waals surface area contributed by atoms with Gasteiger partial charge in [-0.05, 0) is 6.92 Å². The van der Waals surface area contributed by atoms with Gasteiger partial charge in [0.2, 0.25) is 11.0 Å². The fourth-order valence-electron chi connectivity index (χ4n) is 2.55. The second-order valence-corrected chi connectivity index (χ2v) is 8.11. The third-order valence-electron chi connectivity index (χ3n) is 3.90. The molecule has 0 radical (unpaired) electrons. The van der Waals surface area contributed by atoms with E-state index in [4.69, 9.17) is 13.7 Å². The van der Waals surface area contributed by atoms with Crippen LogP contribution in [0.5, 0.6) is 0 Å².